The zero-order chi connectivity index (χ0) is 18.1. The van der Waals surface area contributed by atoms with Crippen LogP contribution in [0.5, 0.6) is 0 Å². The number of halogens is 3. The second kappa shape index (κ2) is 6.75. The Morgan fingerprint density at radius 3 is 2.38 bits per heavy atom. The van der Waals surface area contributed by atoms with Gasteiger partial charge >= 0.3 is 6.18 Å². The van der Waals surface area contributed by atoms with E-state index in [0.29, 0.717) is 18.5 Å². The standard InChI is InChI=1S/C18H24F3NO2/c1-12(11-13-6-8-14(9-7-13)18(19,20)21)16(23)22-10-4-5-15(22)17(2,3)24/h6-9,12,15,24H,4-5,10-11H2,1-3H3. The minimum Gasteiger partial charge on any atom is -0.388 e. The summed E-state index contributed by atoms with van der Waals surface area (Å²) in [6, 6.07) is 4.72. The van der Waals surface area contributed by atoms with Crippen molar-refractivity contribution in [1.82, 2.24) is 4.90 Å². The highest BCUT2D eigenvalue weighted by molar-refractivity contribution is 5.79. The minimum absolute atomic E-state index is 0.0560. The van der Waals surface area contributed by atoms with Crippen LogP contribution in [-0.4, -0.2) is 34.1 Å². The third-order valence-corrected chi connectivity index (χ3v) is 4.60. The number of nitrogens with zero attached hydrogens (tertiary/aromatic N) is 1. The number of benzene rings is 1. The zero-order valence-corrected chi connectivity index (χ0v) is 14.2. The Bertz CT molecular complexity index is 575. The van der Waals surface area contributed by atoms with Crippen molar-refractivity contribution in [1.29, 1.82) is 0 Å². The molecule has 1 saturated heterocycles. The van der Waals surface area contributed by atoms with Crippen molar-refractivity contribution >= 4 is 5.91 Å². The molecule has 2 unspecified atom stereocenters. The van der Waals surface area contributed by atoms with Gasteiger partial charge in [-0.05, 0) is 50.8 Å². The van der Waals surface area contributed by atoms with Gasteiger partial charge in [0.25, 0.3) is 0 Å². The average molecular weight is 343 g/mol. The molecule has 0 radical (unpaired) electrons. The Balaban J connectivity index is 2.04. The largest absolute Gasteiger partial charge is 0.416 e. The van der Waals surface area contributed by atoms with Gasteiger partial charge in [0.2, 0.25) is 5.91 Å². The summed E-state index contributed by atoms with van der Waals surface area (Å²) in [4.78, 5) is 14.4. The molecule has 1 N–H and O–H groups in total. The number of alkyl halides is 3. The van der Waals surface area contributed by atoms with Crippen molar-refractivity contribution < 1.29 is 23.1 Å². The lowest BCUT2D eigenvalue weighted by Crippen LogP contribution is -2.49. The molecule has 0 bridgehead atoms. The summed E-state index contributed by atoms with van der Waals surface area (Å²) in [5, 5.41) is 10.2. The van der Waals surface area contributed by atoms with Gasteiger partial charge in [-0.1, -0.05) is 19.1 Å². The molecule has 24 heavy (non-hydrogen) atoms. The van der Waals surface area contributed by atoms with Crippen molar-refractivity contribution in [3.63, 3.8) is 0 Å². The maximum Gasteiger partial charge on any atom is 0.416 e. The summed E-state index contributed by atoms with van der Waals surface area (Å²) >= 11 is 0. The third-order valence-electron chi connectivity index (χ3n) is 4.60. The number of amides is 1. The minimum atomic E-state index is -4.35. The van der Waals surface area contributed by atoms with E-state index in [1.807, 2.05) is 0 Å². The number of rotatable bonds is 4. The van der Waals surface area contributed by atoms with Crippen LogP contribution in [0.4, 0.5) is 13.2 Å². The number of hydrogen-bond acceptors (Lipinski definition) is 2. The van der Waals surface area contributed by atoms with Crippen LogP contribution in [0.3, 0.4) is 0 Å². The second-order valence-electron chi connectivity index (χ2n) is 7.14. The van der Waals surface area contributed by atoms with Gasteiger partial charge in [-0.25, -0.2) is 0 Å². The monoisotopic (exact) mass is 343 g/mol. The summed E-state index contributed by atoms with van der Waals surface area (Å²) in [5.41, 5.74) is -0.949. The molecular formula is C18H24F3NO2. The van der Waals surface area contributed by atoms with Gasteiger partial charge in [0.15, 0.2) is 0 Å². The van der Waals surface area contributed by atoms with Crippen molar-refractivity contribution in [3.05, 3.63) is 35.4 Å². The van der Waals surface area contributed by atoms with E-state index in [2.05, 4.69) is 0 Å². The Morgan fingerprint density at radius 1 is 1.29 bits per heavy atom. The molecule has 6 heteroatoms. The van der Waals surface area contributed by atoms with Gasteiger partial charge in [0.05, 0.1) is 17.2 Å². The molecule has 134 valence electrons. The Kier molecular flexibility index (Phi) is 5.28. The molecule has 1 aliphatic rings. The first-order valence-electron chi connectivity index (χ1n) is 8.19. The Hall–Kier alpha value is -1.56. The van der Waals surface area contributed by atoms with E-state index in [9.17, 15) is 23.1 Å². The number of carbonyl (C=O) groups excluding carboxylic acids is 1. The molecule has 1 aromatic carbocycles. The smallest absolute Gasteiger partial charge is 0.388 e. The van der Waals surface area contributed by atoms with Crippen LogP contribution >= 0.6 is 0 Å². The predicted octanol–water partition coefficient (Wildman–Crippen LogP) is 3.65. The van der Waals surface area contributed by atoms with Crippen molar-refractivity contribution in [2.45, 2.75) is 57.9 Å². The van der Waals surface area contributed by atoms with Gasteiger partial charge < -0.3 is 10.0 Å². The SMILES string of the molecule is CC(Cc1ccc(C(F)(F)F)cc1)C(=O)N1CCCC1C(C)(C)O. The molecule has 1 amide bonds. The molecule has 2 rings (SSSR count). The summed E-state index contributed by atoms with van der Waals surface area (Å²) in [6.07, 6.45) is -2.35. The van der Waals surface area contributed by atoms with Crippen LogP contribution in [0, 0.1) is 5.92 Å². The lowest BCUT2D eigenvalue weighted by molar-refractivity contribution is -0.140. The summed E-state index contributed by atoms with van der Waals surface area (Å²) in [7, 11) is 0. The van der Waals surface area contributed by atoms with Gasteiger partial charge in [0.1, 0.15) is 0 Å². The van der Waals surface area contributed by atoms with Gasteiger partial charge in [-0.15, -0.1) is 0 Å². The molecular weight excluding hydrogens is 319 g/mol. The number of carbonyl (C=O) groups is 1. The number of aliphatic hydroxyl groups is 1. The number of likely N-dealkylation sites (tertiary alicyclic amines) is 1. The molecule has 1 aliphatic heterocycles. The van der Waals surface area contributed by atoms with Crippen molar-refractivity contribution in [2.75, 3.05) is 6.54 Å². The summed E-state index contributed by atoms with van der Waals surface area (Å²) < 4.78 is 37.8. The van der Waals surface area contributed by atoms with Crippen molar-refractivity contribution in [3.8, 4) is 0 Å². The van der Waals surface area contributed by atoms with Crippen LogP contribution < -0.4 is 0 Å². The van der Waals surface area contributed by atoms with E-state index in [1.165, 1.54) is 12.1 Å². The van der Waals surface area contributed by atoms with E-state index in [-0.39, 0.29) is 17.9 Å². The van der Waals surface area contributed by atoms with Gasteiger partial charge in [0, 0.05) is 12.5 Å². The highest BCUT2D eigenvalue weighted by Crippen LogP contribution is 2.30. The quantitative estimate of drug-likeness (QED) is 0.907. The summed E-state index contributed by atoms with van der Waals surface area (Å²) in [5.74, 6) is -0.399. The topological polar surface area (TPSA) is 40.5 Å². The molecule has 3 nitrogen and oxygen atoms in total. The van der Waals surface area contributed by atoms with E-state index >= 15 is 0 Å². The normalized spacial score (nSPS) is 20.3. The van der Waals surface area contributed by atoms with Crippen molar-refractivity contribution in [2.24, 2.45) is 5.92 Å². The highest BCUT2D eigenvalue weighted by atomic mass is 19.4. The molecule has 1 aromatic rings. The molecule has 0 spiro atoms. The predicted molar refractivity (Wildman–Crippen MR) is 85.3 cm³/mol. The summed E-state index contributed by atoms with van der Waals surface area (Å²) in [6.45, 7) is 5.79. The lowest BCUT2D eigenvalue weighted by Gasteiger charge is -2.35. The lowest BCUT2D eigenvalue weighted by atomic mass is 9.94. The van der Waals surface area contributed by atoms with E-state index in [1.54, 1.807) is 25.7 Å². The highest BCUT2D eigenvalue weighted by Gasteiger charge is 2.39. The second-order valence-corrected chi connectivity index (χ2v) is 7.14. The Morgan fingerprint density at radius 2 is 1.88 bits per heavy atom. The molecule has 0 aliphatic carbocycles. The molecule has 0 saturated carbocycles. The first-order chi connectivity index (χ1) is 11.0. The van der Waals surface area contributed by atoms with E-state index in [4.69, 9.17) is 0 Å². The van der Waals surface area contributed by atoms with E-state index < -0.39 is 17.3 Å². The average Bonchev–Trinajstić information content (AvgIpc) is 2.95. The van der Waals surface area contributed by atoms with Crippen LogP contribution in [0.1, 0.15) is 44.7 Å². The fourth-order valence-electron chi connectivity index (χ4n) is 3.32. The Labute approximate surface area is 140 Å². The first kappa shape index (κ1) is 18.8. The molecule has 2 atom stereocenters. The first-order valence-corrected chi connectivity index (χ1v) is 8.19. The maximum atomic E-state index is 12.7. The molecule has 1 fully saturated rings. The zero-order valence-electron chi connectivity index (χ0n) is 14.2. The molecule has 1 heterocycles. The fraction of sp³-hybridized carbons (Fsp3) is 0.611. The fourth-order valence-corrected chi connectivity index (χ4v) is 3.32. The maximum absolute atomic E-state index is 12.7. The van der Waals surface area contributed by atoms with Gasteiger partial charge in [-0.3, -0.25) is 4.79 Å². The van der Waals surface area contributed by atoms with Crippen LogP contribution in [0.15, 0.2) is 24.3 Å². The van der Waals surface area contributed by atoms with E-state index in [0.717, 1.165) is 25.0 Å². The third kappa shape index (κ3) is 4.29. The van der Waals surface area contributed by atoms with Crippen LogP contribution in [0.2, 0.25) is 0 Å². The number of hydrogen-bond donors (Lipinski definition) is 1. The molecule has 0 aromatic heterocycles. The van der Waals surface area contributed by atoms with Crippen LogP contribution in [0.25, 0.3) is 0 Å². The van der Waals surface area contributed by atoms with Gasteiger partial charge in [-0.2, -0.15) is 13.2 Å². The van der Waals surface area contributed by atoms with Crippen LogP contribution in [-0.2, 0) is 17.4 Å².